The number of carboxylic acid groups (broad SMARTS) is 1. The lowest BCUT2D eigenvalue weighted by Crippen LogP contribution is -2.28. The number of aromatic nitrogens is 2. The molecule has 29 heavy (non-hydrogen) atoms. The summed E-state index contributed by atoms with van der Waals surface area (Å²) in [4.78, 5) is 33.5. The molecule has 9 heteroatoms. The average Bonchev–Trinajstić information content (AvgIpc) is 3.44. The number of imidazole rings is 1. The molecule has 2 aromatic rings. The summed E-state index contributed by atoms with van der Waals surface area (Å²) < 4.78 is 0. The summed E-state index contributed by atoms with van der Waals surface area (Å²) in [7, 11) is 3.88. The largest absolute Gasteiger partial charge is 0.481 e. The zero-order chi connectivity index (χ0) is 20.4. The highest BCUT2D eigenvalue weighted by Crippen LogP contribution is 2.40. The van der Waals surface area contributed by atoms with Crippen molar-refractivity contribution in [2.45, 2.75) is 37.4 Å². The van der Waals surface area contributed by atoms with E-state index in [-0.39, 0.29) is 11.8 Å². The van der Waals surface area contributed by atoms with Gasteiger partial charge in [-0.2, -0.15) is 0 Å². The van der Waals surface area contributed by atoms with Crippen LogP contribution in [-0.2, 0) is 4.79 Å². The molecule has 3 heterocycles. The highest BCUT2D eigenvalue weighted by molar-refractivity contribution is 8.77. The van der Waals surface area contributed by atoms with Crippen molar-refractivity contribution in [3.05, 3.63) is 23.8 Å². The smallest absolute Gasteiger partial charge is 0.306 e. The van der Waals surface area contributed by atoms with Gasteiger partial charge >= 0.3 is 5.97 Å². The number of carboxylic acids is 1. The second-order valence-corrected chi connectivity index (χ2v) is 10.6. The molecule has 1 amide bonds. The van der Waals surface area contributed by atoms with Gasteiger partial charge in [-0.25, -0.2) is 4.98 Å². The minimum Gasteiger partial charge on any atom is -0.481 e. The number of rotatable bonds is 8. The first-order valence-electron chi connectivity index (χ1n) is 10.1. The van der Waals surface area contributed by atoms with Crippen molar-refractivity contribution in [2.24, 2.45) is 17.6 Å². The summed E-state index contributed by atoms with van der Waals surface area (Å²) in [6.07, 6.45) is 4.89. The SMILES string of the molecule is NC(=O)c1cccc2[nH]c(N3CCC(C(CCCC4CCSS4)C(=O)O)C3)nc12. The van der Waals surface area contributed by atoms with E-state index in [1.54, 1.807) is 12.1 Å². The molecule has 0 aliphatic carbocycles. The van der Waals surface area contributed by atoms with E-state index in [1.807, 2.05) is 27.7 Å². The van der Waals surface area contributed by atoms with Crippen LogP contribution in [0.2, 0.25) is 0 Å². The zero-order valence-corrected chi connectivity index (χ0v) is 17.8. The number of hydrogen-bond acceptors (Lipinski definition) is 6. The van der Waals surface area contributed by atoms with E-state index < -0.39 is 11.9 Å². The van der Waals surface area contributed by atoms with E-state index >= 15 is 0 Å². The number of nitrogens with two attached hydrogens (primary N) is 1. The van der Waals surface area contributed by atoms with Gasteiger partial charge in [-0.05, 0) is 43.7 Å². The number of nitrogens with zero attached hydrogens (tertiary/aromatic N) is 2. The van der Waals surface area contributed by atoms with E-state index in [2.05, 4.69) is 14.9 Å². The first-order chi connectivity index (χ1) is 14.0. The number of anilines is 1. The topological polar surface area (TPSA) is 112 Å². The van der Waals surface area contributed by atoms with Gasteiger partial charge in [-0.15, -0.1) is 0 Å². The molecule has 156 valence electrons. The summed E-state index contributed by atoms with van der Waals surface area (Å²) in [5.41, 5.74) is 7.19. The monoisotopic (exact) mass is 434 g/mol. The van der Waals surface area contributed by atoms with E-state index in [0.29, 0.717) is 28.8 Å². The normalized spacial score (nSPS) is 23.0. The maximum absolute atomic E-state index is 11.9. The zero-order valence-electron chi connectivity index (χ0n) is 16.2. The van der Waals surface area contributed by atoms with Crippen molar-refractivity contribution in [2.75, 3.05) is 23.7 Å². The average molecular weight is 435 g/mol. The third kappa shape index (κ3) is 4.50. The third-order valence-corrected chi connectivity index (χ3v) is 8.95. The number of benzene rings is 1. The summed E-state index contributed by atoms with van der Waals surface area (Å²) in [5, 5.41) is 10.5. The minimum absolute atomic E-state index is 0.113. The van der Waals surface area contributed by atoms with Gasteiger partial charge in [0.2, 0.25) is 5.95 Å². The van der Waals surface area contributed by atoms with Crippen molar-refractivity contribution in [3.8, 4) is 0 Å². The molecule has 0 saturated carbocycles. The van der Waals surface area contributed by atoms with Crippen LogP contribution in [0.1, 0.15) is 42.5 Å². The van der Waals surface area contributed by atoms with Crippen molar-refractivity contribution in [1.82, 2.24) is 9.97 Å². The standard InChI is InChI=1S/C20H26N4O3S2/c21-18(25)15-5-2-6-16-17(15)23-20(22-16)24-9-7-12(11-24)14(19(26)27)4-1-3-13-8-10-28-29-13/h2,5-6,12-14H,1,3-4,7-11H2,(H2,21,25)(H,22,23)(H,26,27). The third-order valence-electron chi connectivity index (χ3n) is 5.94. The van der Waals surface area contributed by atoms with Gasteiger partial charge in [0.25, 0.3) is 5.91 Å². The van der Waals surface area contributed by atoms with Crippen molar-refractivity contribution in [3.63, 3.8) is 0 Å². The highest BCUT2D eigenvalue weighted by atomic mass is 33.1. The molecule has 0 spiro atoms. The number of carbonyl (C=O) groups excluding carboxylic acids is 1. The molecule has 2 aliphatic rings. The molecule has 1 aromatic heterocycles. The number of primary amides is 1. The summed E-state index contributed by atoms with van der Waals surface area (Å²) >= 11 is 0. The fourth-order valence-corrected chi connectivity index (χ4v) is 7.39. The molecule has 2 saturated heterocycles. The second-order valence-electron chi connectivity index (χ2n) is 7.83. The number of fused-ring (bicyclic) bond motifs is 1. The van der Waals surface area contributed by atoms with Crippen LogP contribution in [0, 0.1) is 11.8 Å². The van der Waals surface area contributed by atoms with Gasteiger partial charge in [0, 0.05) is 24.1 Å². The van der Waals surface area contributed by atoms with Gasteiger partial charge in [0.05, 0.1) is 17.0 Å². The maximum atomic E-state index is 11.9. The van der Waals surface area contributed by atoms with E-state index in [1.165, 1.54) is 12.2 Å². The van der Waals surface area contributed by atoms with E-state index in [9.17, 15) is 14.7 Å². The van der Waals surface area contributed by atoms with Crippen molar-refractivity contribution >= 4 is 50.4 Å². The molecule has 3 unspecified atom stereocenters. The van der Waals surface area contributed by atoms with Gasteiger partial charge < -0.3 is 20.7 Å². The van der Waals surface area contributed by atoms with Crippen LogP contribution in [-0.4, -0.2) is 51.0 Å². The quantitative estimate of drug-likeness (QED) is 0.545. The Morgan fingerprint density at radius 3 is 2.97 bits per heavy atom. The van der Waals surface area contributed by atoms with Crippen molar-refractivity contribution < 1.29 is 14.7 Å². The first-order valence-corrected chi connectivity index (χ1v) is 12.5. The Hall–Kier alpha value is -1.87. The molecule has 4 rings (SSSR count). The van der Waals surface area contributed by atoms with E-state index in [4.69, 9.17) is 5.73 Å². The van der Waals surface area contributed by atoms with Crippen LogP contribution in [0.25, 0.3) is 11.0 Å². The second kappa shape index (κ2) is 8.87. The first kappa shape index (κ1) is 20.4. The Labute approximate surface area is 177 Å². The Kier molecular flexibility index (Phi) is 6.24. The summed E-state index contributed by atoms with van der Waals surface area (Å²) in [6, 6.07) is 5.31. The fourth-order valence-electron chi connectivity index (χ4n) is 4.37. The number of carbonyl (C=O) groups is 2. The lowest BCUT2D eigenvalue weighted by molar-refractivity contribution is -0.143. The number of aliphatic carboxylic acids is 1. The van der Waals surface area contributed by atoms with Crippen LogP contribution in [0.4, 0.5) is 5.95 Å². The van der Waals surface area contributed by atoms with Gasteiger partial charge in [-0.1, -0.05) is 34.1 Å². The molecule has 2 fully saturated rings. The highest BCUT2D eigenvalue weighted by Gasteiger charge is 2.35. The molecule has 3 atom stereocenters. The van der Waals surface area contributed by atoms with Gasteiger partial charge in [0.15, 0.2) is 0 Å². The minimum atomic E-state index is -0.689. The van der Waals surface area contributed by atoms with Crippen molar-refractivity contribution in [1.29, 1.82) is 0 Å². The summed E-state index contributed by atoms with van der Waals surface area (Å²) in [6.45, 7) is 1.42. The maximum Gasteiger partial charge on any atom is 0.306 e. The fraction of sp³-hybridized carbons (Fsp3) is 0.550. The van der Waals surface area contributed by atoms with Crippen LogP contribution >= 0.6 is 21.6 Å². The Balaban J connectivity index is 1.41. The molecule has 4 N–H and O–H groups in total. The number of amides is 1. The number of H-pyrrole nitrogens is 1. The number of para-hydroxylation sites is 1. The molecule has 2 aliphatic heterocycles. The van der Waals surface area contributed by atoms with Crippen LogP contribution in [0.3, 0.4) is 0 Å². The number of hydrogen-bond donors (Lipinski definition) is 3. The Morgan fingerprint density at radius 1 is 1.38 bits per heavy atom. The van der Waals surface area contributed by atoms with Gasteiger partial charge in [0.1, 0.15) is 5.52 Å². The van der Waals surface area contributed by atoms with Crippen LogP contribution in [0.15, 0.2) is 18.2 Å². The molecule has 0 radical (unpaired) electrons. The number of aromatic amines is 1. The predicted octanol–water partition coefficient (Wildman–Crippen LogP) is 3.51. The predicted molar refractivity (Wildman–Crippen MR) is 118 cm³/mol. The van der Waals surface area contributed by atoms with Crippen LogP contribution < -0.4 is 10.6 Å². The Bertz CT molecular complexity index is 897. The Morgan fingerprint density at radius 2 is 2.24 bits per heavy atom. The number of nitrogens with one attached hydrogen (secondary N) is 1. The lowest BCUT2D eigenvalue weighted by atomic mass is 9.87. The molecule has 7 nitrogen and oxygen atoms in total. The molecular weight excluding hydrogens is 408 g/mol. The van der Waals surface area contributed by atoms with Gasteiger partial charge in [-0.3, -0.25) is 9.59 Å². The van der Waals surface area contributed by atoms with E-state index in [0.717, 1.165) is 37.7 Å². The summed E-state index contributed by atoms with van der Waals surface area (Å²) in [5.74, 6) is 0.499. The molecular formula is C20H26N4O3S2. The molecule has 1 aromatic carbocycles. The lowest BCUT2D eigenvalue weighted by Gasteiger charge is -2.21. The molecule has 0 bridgehead atoms. The van der Waals surface area contributed by atoms with Crippen LogP contribution in [0.5, 0.6) is 0 Å².